The molecule has 1 aliphatic rings. The second kappa shape index (κ2) is 16.5. The Kier molecular flexibility index (Phi) is 12.8. The number of hydrogen-bond acceptors (Lipinski definition) is 11. The van der Waals surface area contributed by atoms with Crippen LogP contribution in [-0.2, 0) is 39.9 Å². The van der Waals surface area contributed by atoms with Crippen LogP contribution < -0.4 is 14.2 Å². The van der Waals surface area contributed by atoms with E-state index in [1.165, 1.54) is 51.2 Å². The van der Waals surface area contributed by atoms with Gasteiger partial charge in [0.1, 0.15) is 18.8 Å². The predicted octanol–water partition coefficient (Wildman–Crippen LogP) is 3.80. The highest BCUT2D eigenvalue weighted by Crippen LogP contribution is 2.35. The Labute approximate surface area is 273 Å². The number of nitrogens with zero attached hydrogens (tertiary/aromatic N) is 1. The summed E-state index contributed by atoms with van der Waals surface area (Å²) in [7, 11) is 3.03. The molecule has 0 aromatic heterocycles. The number of piperidine rings is 1. The van der Waals surface area contributed by atoms with Crippen LogP contribution in [0.5, 0.6) is 23.0 Å². The SMILES string of the molecule is C=CC(=O)OCC(C)(C)C(=O)C(=O)N1CCCC[C@H]1C(=O)OC(CCc1ccc(OC)c(OC)c1)c1ccc(O)c(OCC(=O)O)c1. The van der Waals surface area contributed by atoms with Gasteiger partial charge >= 0.3 is 17.9 Å². The number of aromatic hydroxyl groups is 1. The highest BCUT2D eigenvalue weighted by molar-refractivity contribution is 6.38. The molecule has 0 radical (unpaired) electrons. The van der Waals surface area contributed by atoms with Gasteiger partial charge in [-0.05, 0) is 81.3 Å². The fourth-order valence-electron chi connectivity index (χ4n) is 5.05. The number of esters is 2. The lowest BCUT2D eigenvalue weighted by Crippen LogP contribution is -2.53. The van der Waals surface area contributed by atoms with Crippen LogP contribution in [0.3, 0.4) is 0 Å². The number of aliphatic carboxylic acids is 1. The van der Waals surface area contributed by atoms with E-state index in [4.69, 9.17) is 28.8 Å². The molecule has 2 N–H and O–H groups in total. The average Bonchev–Trinajstić information content (AvgIpc) is 3.07. The van der Waals surface area contributed by atoms with Gasteiger partial charge in [-0.3, -0.25) is 9.59 Å². The monoisotopic (exact) mass is 655 g/mol. The number of likely N-dealkylation sites (tertiary alicyclic amines) is 1. The fourth-order valence-corrected chi connectivity index (χ4v) is 5.05. The quantitative estimate of drug-likeness (QED) is 0.152. The number of carboxylic acid groups (broad SMARTS) is 1. The number of aryl methyl sites for hydroxylation is 1. The summed E-state index contributed by atoms with van der Waals surface area (Å²) in [4.78, 5) is 64.3. The number of carbonyl (C=O) groups excluding carboxylic acids is 4. The summed E-state index contributed by atoms with van der Waals surface area (Å²) in [5.74, 6) is -3.79. The minimum Gasteiger partial charge on any atom is -0.504 e. The first-order valence-corrected chi connectivity index (χ1v) is 15.0. The van der Waals surface area contributed by atoms with E-state index in [-0.39, 0.29) is 37.5 Å². The van der Waals surface area contributed by atoms with Crippen molar-refractivity contribution < 1.29 is 57.9 Å². The maximum Gasteiger partial charge on any atom is 0.341 e. The smallest absolute Gasteiger partial charge is 0.341 e. The number of carboxylic acids is 1. The second-order valence-corrected chi connectivity index (χ2v) is 11.6. The molecule has 2 atom stereocenters. The zero-order chi connectivity index (χ0) is 34.7. The van der Waals surface area contributed by atoms with Crippen LogP contribution in [0.15, 0.2) is 49.1 Å². The van der Waals surface area contributed by atoms with E-state index in [9.17, 15) is 29.1 Å². The van der Waals surface area contributed by atoms with Crippen LogP contribution >= 0.6 is 0 Å². The summed E-state index contributed by atoms with van der Waals surface area (Å²) in [6, 6.07) is 8.53. The summed E-state index contributed by atoms with van der Waals surface area (Å²) < 4.78 is 27.0. The molecule has 0 bridgehead atoms. The van der Waals surface area contributed by atoms with E-state index in [1.807, 2.05) is 6.07 Å². The Hall–Kier alpha value is -5.07. The maximum absolute atomic E-state index is 13.8. The molecule has 2 aromatic carbocycles. The number of ketones is 1. The number of hydrogen-bond donors (Lipinski definition) is 2. The molecule has 1 unspecified atom stereocenters. The normalized spacial score (nSPS) is 15.1. The Balaban J connectivity index is 1.88. The van der Waals surface area contributed by atoms with Crippen molar-refractivity contribution in [1.82, 2.24) is 4.90 Å². The summed E-state index contributed by atoms with van der Waals surface area (Å²) in [5.41, 5.74) is -0.113. The van der Waals surface area contributed by atoms with Crippen molar-refractivity contribution >= 4 is 29.6 Å². The molecule has 0 spiro atoms. The van der Waals surface area contributed by atoms with Crippen molar-refractivity contribution in [3.8, 4) is 23.0 Å². The Morgan fingerprint density at radius 1 is 1.02 bits per heavy atom. The second-order valence-electron chi connectivity index (χ2n) is 11.6. The zero-order valence-electron chi connectivity index (χ0n) is 27.0. The molecule has 1 fully saturated rings. The van der Waals surface area contributed by atoms with Crippen LogP contribution in [-0.4, -0.2) is 84.7 Å². The van der Waals surface area contributed by atoms with E-state index in [0.29, 0.717) is 36.3 Å². The average molecular weight is 656 g/mol. The Morgan fingerprint density at radius 3 is 2.40 bits per heavy atom. The molecule has 13 heteroatoms. The number of carbonyl (C=O) groups is 5. The van der Waals surface area contributed by atoms with Crippen molar-refractivity contribution in [2.75, 3.05) is 34.0 Å². The van der Waals surface area contributed by atoms with Gasteiger partial charge in [0.05, 0.1) is 19.6 Å². The molecule has 0 aliphatic carbocycles. The van der Waals surface area contributed by atoms with Crippen molar-refractivity contribution in [2.24, 2.45) is 5.41 Å². The van der Waals surface area contributed by atoms with E-state index < -0.39 is 53.8 Å². The third-order valence-electron chi connectivity index (χ3n) is 7.69. The number of phenolic OH excluding ortho intramolecular Hbond substituents is 1. The zero-order valence-corrected chi connectivity index (χ0v) is 27.0. The topological polar surface area (TPSA) is 175 Å². The number of phenols is 1. The van der Waals surface area contributed by atoms with E-state index in [0.717, 1.165) is 11.6 Å². The first kappa shape index (κ1) is 36.4. The van der Waals surface area contributed by atoms with Crippen molar-refractivity contribution in [3.05, 3.63) is 60.2 Å². The van der Waals surface area contributed by atoms with E-state index in [1.54, 1.807) is 12.1 Å². The molecular weight excluding hydrogens is 614 g/mol. The van der Waals surface area contributed by atoms with Crippen LogP contribution in [0.25, 0.3) is 0 Å². The maximum atomic E-state index is 13.8. The molecule has 1 amide bonds. The predicted molar refractivity (Wildman–Crippen MR) is 167 cm³/mol. The first-order valence-electron chi connectivity index (χ1n) is 15.0. The van der Waals surface area contributed by atoms with Crippen LogP contribution in [0.1, 0.15) is 56.8 Å². The Morgan fingerprint density at radius 2 is 1.74 bits per heavy atom. The highest BCUT2D eigenvalue weighted by Gasteiger charge is 2.42. The number of methoxy groups -OCH3 is 2. The minimum absolute atomic E-state index is 0.114. The molecule has 47 heavy (non-hydrogen) atoms. The molecule has 2 aromatic rings. The van der Waals surface area contributed by atoms with Crippen molar-refractivity contribution in [1.29, 1.82) is 0 Å². The molecule has 13 nitrogen and oxygen atoms in total. The molecule has 1 saturated heterocycles. The van der Waals surface area contributed by atoms with Gasteiger partial charge in [-0.25, -0.2) is 14.4 Å². The van der Waals surface area contributed by atoms with Crippen molar-refractivity contribution in [2.45, 2.75) is 58.1 Å². The number of Topliss-reactive ketones (excluding diaryl/α,β-unsaturated/α-hetero) is 1. The lowest BCUT2D eigenvalue weighted by atomic mass is 9.87. The third kappa shape index (κ3) is 9.71. The fraction of sp³-hybridized carbons (Fsp3) is 0.441. The summed E-state index contributed by atoms with van der Waals surface area (Å²) >= 11 is 0. The Bertz CT molecular complexity index is 1480. The van der Waals surface area contributed by atoms with Gasteiger partial charge in [0.2, 0.25) is 5.78 Å². The van der Waals surface area contributed by atoms with Gasteiger partial charge < -0.3 is 38.8 Å². The van der Waals surface area contributed by atoms with E-state index >= 15 is 0 Å². The minimum atomic E-state index is -1.36. The lowest BCUT2D eigenvalue weighted by Gasteiger charge is -2.36. The van der Waals surface area contributed by atoms with E-state index in [2.05, 4.69) is 6.58 Å². The number of amides is 1. The van der Waals surface area contributed by atoms with Crippen LogP contribution in [0.2, 0.25) is 0 Å². The van der Waals surface area contributed by atoms with Gasteiger partial charge in [0, 0.05) is 12.6 Å². The largest absolute Gasteiger partial charge is 0.504 e. The summed E-state index contributed by atoms with van der Waals surface area (Å²) in [5, 5.41) is 19.3. The molecule has 3 rings (SSSR count). The van der Waals surface area contributed by atoms with Gasteiger partial charge in [-0.2, -0.15) is 0 Å². The molecular formula is C34H41NO12. The standard InChI is InChI=1S/C34H41NO12/c1-6-30(39)46-20-34(2,3)31(40)32(41)35-16-8-7-9-23(35)33(42)47-25(14-10-21-11-15-26(43-4)28(17-21)44-5)22-12-13-24(36)27(18-22)45-19-29(37)38/h6,11-13,15,17-18,23,25,36H,1,7-10,14,16,19-20H2,2-5H3,(H,37,38)/t23-,25?/m0/s1. The van der Waals surface area contributed by atoms with Crippen LogP contribution in [0, 0.1) is 5.41 Å². The van der Waals surface area contributed by atoms with Crippen LogP contribution in [0.4, 0.5) is 0 Å². The third-order valence-corrected chi connectivity index (χ3v) is 7.69. The lowest BCUT2D eigenvalue weighted by molar-refractivity contribution is -0.165. The van der Waals surface area contributed by atoms with Crippen molar-refractivity contribution in [3.63, 3.8) is 0 Å². The number of rotatable bonds is 16. The highest BCUT2D eigenvalue weighted by atomic mass is 16.5. The van der Waals surface area contributed by atoms with Gasteiger partial charge in [-0.1, -0.05) is 18.7 Å². The van der Waals surface area contributed by atoms with Gasteiger partial charge in [-0.15, -0.1) is 0 Å². The summed E-state index contributed by atoms with van der Waals surface area (Å²) in [6.07, 6.45) is 2.11. The number of ether oxygens (including phenoxy) is 5. The molecule has 1 heterocycles. The molecule has 0 saturated carbocycles. The van der Waals surface area contributed by atoms with Gasteiger partial charge in [0.25, 0.3) is 5.91 Å². The molecule has 254 valence electrons. The summed E-state index contributed by atoms with van der Waals surface area (Å²) in [6.45, 7) is 5.36. The molecule has 1 aliphatic heterocycles. The first-order chi connectivity index (χ1) is 22.3. The number of benzene rings is 2. The van der Waals surface area contributed by atoms with Gasteiger partial charge in [0.15, 0.2) is 29.6 Å².